The van der Waals surface area contributed by atoms with E-state index >= 15 is 0 Å². The van der Waals surface area contributed by atoms with Gasteiger partial charge in [0.2, 0.25) is 0 Å². The smallest absolute Gasteiger partial charge is 0.264 e. The second-order valence-electron chi connectivity index (χ2n) is 4.33. The Balaban J connectivity index is 2.10. The number of thiophene rings is 1. The van der Waals surface area contributed by atoms with Gasteiger partial charge in [-0.05, 0) is 44.4 Å². The molecular formula is C12H17ClN2OS. The maximum atomic E-state index is 12.3. The maximum Gasteiger partial charge on any atom is 0.264 e. The van der Waals surface area contributed by atoms with Crippen LogP contribution in [0.1, 0.15) is 35.4 Å². The van der Waals surface area contributed by atoms with E-state index in [2.05, 4.69) is 0 Å². The molecule has 0 aromatic carbocycles. The van der Waals surface area contributed by atoms with Gasteiger partial charge in [0.05, 0.1) is 9.21 Å². The first kappa shape index (κ1) is 12.9. The van der Waals surface area contributed by atoms with E-state index < -0.39 is 0 Å². The van der Waals surface area contributed by atoms with Crippen molar-refractivity contribution >= 4 is 28.8 Å². The molecule has 1 saturated heterocycles. The number of likely N-dealkylation sites (tertiary alicyclic amines) is 1. The third-order valence-electron chi connectivity index (χ3n) is 3.17. The summed E-state index contributed by atoms with van der Waals surface area (Å²) in [6.07, 6.45) is 4.25. The number of nitrogens with zero attached hydrogens (tertiary/aromatic N) is 1. The molecule has 17 heavy (non-hydrogen) atoms. The summed E-state index contributed by atoms with van der Waals surface area (Å²) in [5, 5.41) is 0. The van der Waals surface area contributed by atoms with Crippen molar-refractivity contribution in [1.29, 1.82) is 0 Å². The fraction of sp³-hybridized carbons (Fsp3) is 0.583. The van der Waals surface area contributed by atoms with Crippen LogP contribution in [0.15, 0.2) is 12.1 Å². The van der Waals surface area contributed by atoms with Crippen LogP contribution in [0.4, 0.5) is 0 Å². The van der Waals surface area contributed by atoms with Crippen LogP contribution in [0.2, 0.25) is 4.34 Å². The molecule has 0 aliphatic carbocycles. The molecule has 0 saturated carbocycles. The highest BCUT2D eigenvalue weighted by Crippen LogP contribution is 2.26. The Morgan fingerprint density at radius 2 is 2.35 bits per heavy atom. The summed E-state index contributed by atoms with van der Waals surface area (Å²) in [7, 11) is 0. The van der Waals surface area contributed by atoms with E-state index in [9.17, 15) is 4.79 Å². The van der Waals surface area contributed by atoms with Crippen molar-refractivity contribution in [3.8, 4) is 0 Å². The SMILES string of the molecule is NCCC1CCCCN1C(=O)c1ccc(Cl)s1. The summed E-state index contributed by atoms with van der Waals surface area (Å²) in [6.45, 7) is 1.48. The van der Waals surface area contributed by atoms with Crippen molar-refractivity contribution in [2.45, 2.75) is 31.7 Å². The molecule has 1 aliphatic rings. The highest BCUT2D eigenvalue weighted by molar-refractivity contribution is 7.17. The zero-order chi connectivity index (χ0) is 12.3. The van der Waals surface area contributed by atoms with Crippen molar-refractivity contribution in [3.05, 3.63) is 21.3 Å². The Hall–Kier alpha value is -0.580. The van der Waals surface area contributed by atoms with Gasteiger partial charge < -0.3 is 10.6 Å². The average molecular weight is 273 g/mol. The number of hydrogen-bond donors (Lipinski definition) is 1. The minimum absolute atomic E-state index is 0.111. The van der Waals surface area contributed by atoms with Crippen molar-refractivity contribution < 1.29 is 4.79 Å². The lowest BCUT2D eigenvalue weighted by Gasteiger charge is -2.35. The number of carbonyl (C=O) groups is 1. The van der Waals surface area contributed by atoms with Crippen molar-refractivity contribution in [2.24, 2.45) is 5.73 Å². The van der Waals surface area contributed by atoms with Gasteiger partial charge in [-0.2, -0.15) is 0 Å². The predicted octanol–water partition coefficient (Wildman–Crippen LogP) is 2.75. The minimum atomic E-state index is 0.111. The molecule has 2 rings (SSSR count). The molecule has 0 bridgehead atoms. The molecule has 1 aromatic rings. The lowest BCUT2D eigenvalue weighted by Crippen LogP contribution is -2.44. The van der Waals surface area contributed by atoms with E-state index in [1.165, 1.54) is 17.8 Å². The minimum Gasteiger partial charge on any atom is -0.335 e. The molecule has 1 aliphatic heterocycles. The zero-order valence-corrected chi connectivity index (χ0v) is 11.3. The molecule has 0 radical (unpaired) electrons. The third-order valence-corrected chi connectivity index (χ3v) is 4.39. The number of nitrogens with two attached hydrogens (primary N) is 1. The van der Waals surface area contributed by atoms with Gasteiger partial charge in [-0.25, -0.2) is 0 Å². The Morgan fingerprint density at radius 1 is 1.53 bits per heavy atom. The fourth-order valence-electron chi connectivity index (χ4n) is 2.33. The summed E-state index contributed by atoms with van der Waals surface area (Å²) in [4.78, 5) is 15.0. The van der Waals surface area contributed by atoms with Crippen LogP contribution in [0.5, 0.6) is 0 Å². The monoisotopic (exact) mass is 272 g/mol. The lowest BCUT2D eigenvalue weighted by molar-refractivity contribution is 0.0610. The fourth-order valence-corrected chi connectivity index (χ4v) is 3.33. The molecular weight excluding hydrogens is 256 g/mol. The number of hydrogen-bond acceptors (Lipinski definition) is 3. The zero-order valence-electron chi connectivity index (χ0n) is 9.69. The van der Waals surface area contributed by atoms with Crippen LogP contribution in [0, 0.1) is 0 Å². The molecule has 1 unspecified atom stereocenters. The third kappa shape index (κ3) is 3.00. The molecule has 5 heteroatoms. The quantitative estimate of drug-likeness (QED) is 0.920. The predicted molar refractivity (Wildman–Crippen MR) is 71.7 cm³/mol. The van der Waals surface area contributed by atoms with E-state index in [0.29, 0.717) is 16.9 Å². The lowest BCUT2D eigenvalue weighted by atomic mass is 9.99. The molecule has 94 valence electrons. The summed E-state index contributed by atoms with van der Waals surface area (Å²) < 4.78 is 0.667. The average Bonchev–Trinajstić information content (AvgIpc) is 2.76. The van der Waals surface area contributed by atoms with Crippen LogP contribution in [0.3, 0.4) is 0 Å². The topological polar surface area (TPSA) is 46.3 Å². The number of carbonyl (C=O) groups excluding carboxylic acids is 1. The second-order valence-corrected chi connectivity index (χ2v) is 6.04. The summed E-state index contributed by atoms with van der Waals surface area (Å²) >= 11 is 7.22. The molecule has 0 spiro atoms. The first-order valence-electron chi connectivity index (χ1n) is 5.98. The van der Waals surface area contributed by atoms with Gasteiger partial charge in [0.15, 0.2) is 0 Å². The van der Waals surface area contributed by atoms with Crippen molar-refractivity contribution in [1.82, 2.24) is 4.90 Å². The first-order valence-corrected chi connectivity index (χ1v) is 7.18. The summed E-state index contributed by atoms with van der Waals surface area (Å²) in [5.41, 5.74) is 5.61. The normalized spacial score (nSPS) is 20.6. The van der Waals surface area contributed by atoms with Gasteiger partial charge >= 0.3 is 0 Å². The number of piperidine rings is 1. The maximum absolute atomic E-state index is 12.3. The van der Waals surface area contributed by atoms with Gasteiger partial charge in [0.25, 0.3) is 5.91 Å². The van der Waals surface area contributed by atoms with E-state index in [4.69, 9.17) is 17.3 Å². The second kappa shape index (κ2) is 5.85. The first-order chi connectivity index (χ1) is 8.22. The molecule has 3 nitrogen and oxygen atoms in total. The summed E-state index contributed by atoms with van der Waals surface area (Å²) in [6, 6.07) is 3.90. The Labute approximate surface area is 111 Å². The number of rotatable bonds is 3. The largest absolute Gasteiger partial charge is 0.335 e. The van der Waals surface area contributed by atoms with Gasteiger partial charge in [0, 0.05) is 12.6 Å². The molecule has 1 fully saturated rings. The standard InChI is InChI=1S/C12H17ClN2OS/c13-11-5-4-10(17-11)12(16)15-8-2-1-3-9(15)6-7-14/h4-5,9H,1-3,6-8,14H2. The van der Waals surface area contributed by atoms with Crippen LogP contribution in [-0.2, 0) is 0 Å². The van der Waals surface area contributed by atoms with Gasteiger partial charge in [0.1, 0.15) is 0 Å². The molecule has 1 amide bonds. The van der Waals surface area contributed by atoms with Gasteiger partial charge in [-0.15, -0.1) is 11.3 Å². The van der Waals surface area contributed by atoms with Gasteiger partial charge in [-0.3, -0.25) is 4.79 Å². The summed E-state index contributed by atoms with van der Waals surface area (Å²) in [5.74, 6) is 0.111. The van der Waals surface area contributed by atoms with Gasteiger partial charge in [-0.1, -0.05) is 11.6 Å². The van der Waals surface area contributed by atoms with Crippen molar-refractivity contribution in [2.75, 3.05) is 13.1 Å². The highest BCUT2D eigenvalue weighted by Gasteiger charge is 2.27. The van der Waals surface area contributed by atoms with Crippen LogP contribution in [0.25, 0.3) is 0 Å². The Kier molecular flexibility index (Phi) is 4.42. The molecule has 2 heterocycles. The molecule has 1 aromatic heterocycles. The van der Waals surface area contributed by atoms with E-state index in [1.54, 1.807) is 6.07 Å². The van der Waals surface area contributed by atoms with Crippen LogP contribution < -0.4 is 5.73 Å². The molecule has 2 N–H and O–H groups in total. The Morgan fingerprint density at radius 3 is 3.00 bits per heavy atom. The number of amides is 1. The number of halogens is 1. The Bertz CT molecular complexity index is 392. The highest BCUT2D eigenvalue weighted by atomic mass is 35.5. The van der Waals surface area contributed by atoms with E-state index in [1.807, 2.05) is 11.0 Å². The molecule has 1 atom stereocenters. The van der Waals surface area contributed by atoms with E-state index in [0.717, 1.165) is 30.7 Å². The van der Waals surface area contributed by atoms with Crippen LogP contribution >= 0.6 is 22.9 Å². The van der Waals surface area contributed by atoms with Crippen LogP contribution in [-0.4, -0.2) is 29.9 Å². The van der Waals surface area contributed by atoms with Crippen molar-refractivity contribution in [3.63, 3.8) is 0 Å². The van der Waals surface area contributed by atoms with E-state index in [-0.39, 0.29) is 5.91 Å².